The van der Waals surface area contributed by atoms with Gasteiger partial charge in [0.05, 0.1) is 0 Å². The van der Waals surface area contributed by atoms with Crippen LogP contribution >= 0.6 is 0 Å². The zero-order chi connectivity index (χ0) is 9.92. The maximum Gasteiger partial charge on any atom is 0.0125 e. The molecule has 4 atom stereocenters. The Kier molecular flexibility index (Phi) is 1.81. The van der Waals surface area contributed by atoms with Gasteiger partial charge in [-0.25, -0.2) is 0 Å². The van der Waals surface area contributed by atoms with Crippen LogP contribution in [-0.2, 0) is 0 Å². The zero-order valence-electron chi connectivity index (χ0n) is 9.79. The fourth-order valence-corrected chi connectivity index (χ4v) is 4.23. The van der Waals surface area contributed by atoms with Gasteiger partial charge in [-0.15, -0.1) is 0 Å². The molecular formula is C13H23N. The number of hydrogen-bond donors (Lipinski definition) is 0. The maximum absolute atomic E-state index is 2.73. The summed E-state index contributed by atoms with van der Waals surface area (Å²) in [5, 5.41) is 0. The van der Waals surface area contributed by atoms with Crippen LogP contribution in [0.25, 0.3) is 0 Å². The lowest BCUT2D eigenvalue weighted by molar-refractivity contribution is 0.155. The molecule has 0 aromatic rings. The Labute approximate surface area is 87.9 Å². The second-order valence-corrected chi connectivity index (χ2v) is 6.74. The van der Waals surface area contributed by atoms with Gasteiger partial charge in [0.25, 0.3) is 0 Å². The lowest BCUT2D eigenvalue weighted by atomic mass is 9.82. The van der Waals surface area contributed by atoms with Crippen LogP contribution in [0.3, 0.4) is 0 Å². The molecule has 1 saturated heterocycles. The topological polar surface area (TPSA) is 3.24 Å². The Balaban J connectivity index is 1.77. The number of likely N-dealkylation sites (tertiary alicyclic amines) is 1. The zero-order valence-corrected chi connectivity index (χ0v) is 9.79. The fourth-order valence-electron chi connectivity index (χ4n) is 4.23. The first-order valence-corrected chi connectivity index (χ1v) is 6.31. The van der Waals surface area contributed by atoms with Gasteiger partial charge in [-0.3, -0.25) is 4.90 Å². The molecule has 1 heterocycles. The Morgan fingerprint density at radius 3 is 1.86 bits per heavy atom. The smallest absolute Gasteiger partial charge is 0.0125 e. The second-order valence-electron chi connectivity index (χ2n) is 6.74. The highest BCUT2D eigenvalue weighted by atomic mass is 15.2. The second kappa shape index (κ2) is 2.75. The monoisotopic (exact) mass is 193 g/mol. The average molecular weight is 193 g/mol. The van der Waals surface area contributed by atoms with Crippen molar-refractivity contribution in [2.24, 2.45) is 23.7 Å². The molecule has 1 aliphatic heterocycles. The minimum absolute atomic E-state index is 0.407. The van der Waals surface area contributed by atoms with Crippen molar-refractivity contribution in [2.75, 3.05) is 13.1 Å². The van der Waals surface area contributed by atoms with Crippen molar-refractivity contribution in [3.63, 3.8) is 0 Å². The number of rotatable bonds is 0. The summed E-state index contributed by atoms with van der Waals surface area (Å²) >= 11 is 0. The van der Waals surface area contributed by atoms with E-state index in [4.69, 9.17) is 0 Å². The maximum atomic E-state index is 2.73. The predicted octanol–water partition coefficient (Wildman–Crippen LogP) is 2.76. The van der Waals surface area contributed by atoms with Crippen molar-refractivity contribution < 1.29 is 0 Å². The fraction of sp³-hybridized carbons (Fsp3) is 1.00. The van der Waals surface area contributed by atoms with Crippen LogP contribution in [-0.4, -0.2) is 23.5 Å². The summed E-state index contributed by atoms with van der Waals surface area (Å²) in [7, 11) is 0. The highest BCUT2D eigenvalue weighted by Crippen LogP contribution is 2.55. The van der Waals surface area contributed by atoms with Crippen LogP contribution in [0.5, 0.6) is 0 Å². The van der Waals surface area contributed by atoms with Gasteiger partial charge in [-0.1, -0.05) is 0 Å². The largest absolute Gasteiger partial charge is 0.298 e. The van der Waals surface area contributed by atoms with Gasteiger partial charge >= 0.3 is 0 Å². The van der Waals surface area contributed by atoms with Crippen molar-refractivity contribution in [3.8, 4) is 0 Å². The van der Waals surface area contributed by atoms with E-state index in [1.807, 2.05) is 0 Å². The summed E-state index contributed by atoms with van der Waals surface area (Å²) in [5.41, 5.74) is 0.407. The van der Waals surface area contributed by atoms with Gasteiger partial charge in [0.15, 0.2) is 0 Å². The van der Waals surface area contributed by atoms with E-state index in [1.165, 1.54) is 13.1 Å². The van der Waals surface area contributed by atoms with E-state index in [0.717, 1.165) is 23.7 Å². The number of fused-ring (bicyclic) bond motifs is 5. The van der Waals surface area contributed by atoms with Crippen molar-refractivity contribution in [3.05, 3.63) is 0 Å². The third-order valence-corrected chi connectivity index (χ3v) is 5.09. The van der Waals surface area contributed by atoms with Gasteiger partial charge in [-0.05, 0) is 63.7 Å². The van der Waals surface area contributed by atoms with Crippen molar-refractivity contribution in [1.29, 1.82) is 0 Å². The van der Waals surface area contributed by atoms with Gasteiger partial charge in [-0.2, -0.15) is 0 Å². The minimum atomic E-state index is 0.407. The summed E-state index contributed by atoms with van der Waals surface area (Å²) in [6.45, 7) is 9.91. The highest BCUT2D eigenvalue weighted by Gasteiger charge is 2.52. The lowest BCUT2D eigenvalue weighted by Crippen LogP contribution is -2.40. The molecule has 0 amide bonds. The molecule has 14 heavy (non-hydrogen) atoms. The normalized spacial score (nSPS) is 47.4. The predicted molar refractivity (Wildman–Crippen MR) is 59.1 cm³/mol. The molecule has 0 aromatic heterocycles. The molecule has 1 heteroatoms. The van der Waals surface area contributed by atoms with Gasteiger partial charge < -0.3 is 0 Å². The quantitative estimate of drug-likeness (QED) is 0.572. The third-order valence-electron chi connectivity index (χ3n) is 5.09. The van der Waals surface area contributed by atoms with Crippen molar-refractivity contribution >= 4 is 0 Å². The molecule has 2 aliphatic carbocycles. The summed E-state index contributed by atoms with van der Waals surface area (Å²) < 4.78 is 0. The van der Waals surface area contributed by atoms with Crippen LogP contribution in [0, 0.1) is 23.7 Å². The molecule has 80 valence electrons. The van der Waals surface area contributed by atoms with E-state index >= 15 is 0 Å². The Hall–Kier alpha value is -0.0400. The molecule has 3 fully saturated rings. The molecule has 2 saturated carbocycles. The standard InChI is InChI=1S/C13H23N/c1-13(2,3)14-7-11-9-4-5-10(6-9)12(11)8-14/h9-12H,4-8H2,1-3H3. The molecule has 2 bridgehead atoms. The van der Waals surface area contributed by atoms with Crippen molar-refractivity contribution in [2.45, 2.75) is 45.6 Å². The summed E-state index contributed by atoms with van der Waals surface area (Å²) in [4.78, 5) is 2.73. The molecule has 0 aromatic carbocycles. The van der Waals surface area contributed by atoms with E-state index in [-0.39, 0.29) is 0 Å². The molecule has 0 radical (unpaired) electrons. The van der Waals surface area contributed by atoms with E-state index in [9.17, 15) is 0 Å². The summed E-state index contributed by atoms with van der Waals surface area (Å²) in [6.07, 6.45) is 4.67. The first-order valence-electron chi connectivity index (χ1n) is 6.31. The summed E-state index contributed by atoms with van der Waals surface area (Å²) in [5.74, 6) is 4.37. The van der Waals surface area contributed by atoms with Crippen LogP contribution in [0.4, 0.5) is 0 Å². The first kappa shape index (κ1) is 9.21. The lowest BCUT2D eigenvalue weighted by Gasteiger charge is -2.32. The molecule has 1 nitrogen and oxygen atoms in total. The molecule has 0 N–H and O–H groups in total. The van der Waals surface area contributed by atoms with Gasteiger partial charge in [0.2, 0.25) is 0 Å². The molecule has 4 unspecified atom stereocenters. The Morgan fingerprint density at radius 1 is 0.929 bits per heavy atom. The van der Waals surface area contributed by atoms with Crippen LogP contribution < -0.4 is 0 Å². The van der Waals surface area contributed by atoms with Crippen LogP contribution in [0.2, 0.25) is 0 Å². The minimum Gasteiger partial charge on any atom is -0.298 e. The van der Waals surface area contributed by atoms with Crippen LogP contribution in [0.1, 0.15) is 40.0 Å². The average Bonchev–Trinajstić information content (AvgIpc) is 2.74. The number of nitrogens with zero attached hydrogens (tertiary/aromatic N) is 1. The van der Waals surface area contributed by atoms with Crippen molar-refractivity contribution in [1.82, 2.24) is 4.90 Å². The third kappa shape index (κ3) is 1.18. The summed E-state index contributed by atoms with van der Waals surface area (Å²) in [6, 6.07) is 0. The van der Waals surface area contributed by atoms with E-state index < -0.39 is 0 Å². The highest BCUT2D eigenvalue weighted by molar-refractivity contribution is 5.03. The first-order chi connectivity index (χ1) is 6.55. The van der Waals surface area contributed by atoms with Gasteiger partial charge in [0, 0.05) is 18.6 Å². The Morgan fingerprint density at radius 2 is 1.43 bits per heavy atom. The van der Waals surface area contributed by atoms with E-state index in [1.54, 1.807) is 19.3 Å². The molecule has 3 rings (SSSR count). The Bertz CT molecular complexity index is 222. The molecule has 3 aliphatic rings. The van der Waals surface area contributed by atoms with E-state index in [2.05, 4.69) is 25.7 Å². The molecule has 0 spiro atoms. The number of hydrogen-bond acceptors (Lipinski definition) is 1. The molecular weight excluding hydrogens is 170 g/mol. The SMILES string of the molecule is CC(C)(C)N1CC2C3CCC(C3)C2C1. The van der Waals surface area contributed by atoms with Crippen LogP contribution in [0.15, 0.2) is 0 Å². The van der Waals surface area contributed by atoms with E-state index in [0.29, 0.717) is 5.54 Å². The van der Waals surface area contributed by atoms with Gasteiger partial charge in [0.1, 0.15) is 0 Å².